The Morgan fingerprint density at radius 3 is 2.43 bits per heavy atom. The number of anilines is 1. The third-order valence-electron chi connectivity index (χ3n) is 4.59. The number of hydrogen-bond acceptors (Lipinski definition) is 8. The van der Waals surface area contributed by atoms with Crippen LogP contribution in [0.25, 0.3) is 11.0 Å². The number of methoxy groups -OCH3 is 1. The Balaban J connectivity index is 1.96. The third kappa shape index (κ3) is 4.37. The Bertz CT molecular complexity index is 1030. The van der Waals surface area contributed by atoms with Gasteiger partial charge in [-0.1, -0.05) is 12.1 Å². The molecule has 2 aromatic rings. The molecule has 9 nitrogen and oxygen atoms in total. The summed E-state index contributed by atoms with van der Waals surface area (Å²) in [5.74, 6) is -1.43. The highest BCUT2D eigenvalue weighted by Crippen LogP contribution is 2.29. The van der Waals surface area contributed by atoms with E-state index < -0.39 is 21.9 Å². The number of sulfonamides is 1. The van der Waals surface area contributed by atoms with Crippen molar-refractivity contribution in [3.05, 3.63) is 30.0 Å². The number of carbonyl (C=O) groups is 1. The van der Waals surface area contributed by atoms with Gasteiger partial charge in [-0.3, -0.25) is 4.79 Å². The summed E-state index contributed by atoms with van der Waals surface area (Å²) in [7, 11) is -2.05. The van der Waals surface area contributed by atoms with Crippen LogP contribution >= 0.6 is 0 Å². The standard InChI is InChI=1S/C18H21N5O4S/c1-27-18(24)13(11-19)16-17(21-15-6-4-3-5-14(15)20-16)23-9-7-12(8-10-23)22-28(2,25)26/h3-6,12-13,22H,7-10H2,1-2H3/t13-/m1/s1. The van der Waals surface area contributed by atoms with E-state index in [0.29, 0.717) is 42.8 Å². The summed E-state index contributed by atoms with van der Waals surface area (Å²) in [4.78, 5) is 23.2. The largest absolute Gasteiger partial charge is 0.468 e. The van der Waals surface area contributed by atoms with Crippen molar-refractivity contribution in [2.24, 2.45) is 0 Å². The molecule has 28 heavy (non-hydrogen) atoms. The highest BCUT2D eigenvalue weighted by Gasteiger charge is 2.31. The second kappa shape index (κ2) is 8.08. The first-order valence-electron chi connectivity index (χ1n) is 8.78. The average molecular weight is 403 g/mol. The van der Waals surface area contributed by atoms with E-state index in [1.807, 2.05) is 29.2 Å². The minimum atomic E-state index is -3.28. The molecule has 10 heteroatoms. The minimum Gasteiger partial charge on any atom is -0.468 e. The van der Waals surface area contributed by atoms with Gasteiger partial charge < -0.3 is 9.64 Å². The molecule has 0 spiro atoms. The van der Waals surface area contributed by atoms with Gasteiger partial charge in [-0.25, -0.2) is 23.1 Å². The lowest BCUT2D eigenvalue weighted by Crippen LogP contribution is -2.45. The predicted molar refractivity (Wildman–Crippen MR) is 103 cm³/mol. The molecule has 0 amide bonds. The van der Waals surface area contributed by atoms with Crippen molar-refractivity contribution in [3.63, 3.8) is 0 Å². The maximum atomic E-state index is 12.1. The summed E-state index contributed by atoms with van der Waals surface area (Å²) in [5, 5.41) is 9.53. The van der Waals surface area contributed by atoms with Gasteiger partial charge in [0.25, 0.3) is 0 Å². The first kappa shape index (κ1) is 20.0. The fraction of sp³-hybridized carbons (Fsp3) is 0.444. The fourth-order valence-corrected chi connectivity index (χ4v) is 4.13. The first-order chi connectivity index (χ1) is 13.3. The van der Waals surface area contributed by atoms with Crippen molar-refractivity contribution in [2.45, 2.75) is 24.8 Å². The van der Waals surface area contributed by atoms with Gasteiger partial charge in [0.1, 0.15) is 5.69 Å². The molecule has 1 aromatic carbocycles. The van der Waals surface area contributed by atoms with Gasteiger partial charge >= 0.3 is 5.97 Å². The number of rotatable bonds is 5. The van der Waals surface area contributed by atoms with Crippen LogP contribution in [0.4, 0.5) is 5.82 Å². The van der Waals surface area contributed by atoms with Gasteiger partial charge in [-0.2, -0.15) is 5.26 Å². The quantitative estimate of drug-likeness (QED) is 0.731. The summed E-state index contributed by atoms with van der Waals surface area (Å²) in [5.41, 5.74) is 1.49. The molecule has 1 N–H and O–H groups in total. The normalized spacial score (nSPS) is 16.5. The number of piperidine rings is 1. The van der Waals surface area contributed by atoms with Gasteiger partial charge in [-0.15, -0.1) is 0 Å². The molecule has 1 aromatic heterocycles. The molecule has 0 unspecified atom stereocenters. The minimum absolute atomic E-state index is 0.157. The van der Waals surface area contributed by atoms with E-state index in [9.17, 15) is 18.5 Å². The Kier molecular flexibility index (Phi) is 5.76. The molecule has 1 atom stereocenters. The molecule has 2 heterocycles. The van der Waals surface area contributed by atoms with Crippen LogP contribution < -0.4 is 9.62 Å². The molecule has 0 bridgehead atoms. The van der Waals surface area contributed by atoms with Gasteiger partial charge in [0.05, 0.1) is 30.5 Å². The number of esters is 1. The number of nitriles is 1. The molecule has 0 saturated carbocycles. The third-order valence-corrected chi connectivity index (χ3v) is 5.35. The van der Waals surface area contributed by atoms with Crippen LogP contribution in [0.2, 0.25) is 0 Å². The van der Waals surface area contributed by atoms with E-state index in [4.69, 9.17) is 4.74 Å². The molecule has 1 saturated heterocycles. The van der Waals surface area contributed by atoms with E-state index in [-0.39, 0.29) is 11.7 Å². The zero-order chi connectivity index (χ0) is 20.3. The van der Waals surface area contributed by atoms with Gasteiger partial charge in [0.2, 0.25) is 10.0 Å². The van der Waals surface area contributed by atoms with Crippen molar-refractivity contribution < 1.29 is 17.9 Å². The Labute approximate surface area is 163 Å². The van der Waals surface area contributed by atoms with Crippen molar-refractivity contribution >= 4 is 32.8 Å². The number of hydrogen-bond donors (Lipinski definition) is 1. The molecule has 1 aliphatic rings. The van der Waals surface area contributed by atoms with Gasteiger partial charge in [0.15, 0.2) is 11.7 Å². The monoisotopic (exact) mass is 403 g/mol. The SMILES string of the molecule is COC(=O)[C@H](C#N)c1nc2ccccc2nc1N1CCC(NS(C)(=O)=O)CC1. The molecule has 0 aliphatic carbocycles. The molecule has 1 fully saturated rings. The second-order valence-electron chi connectivity index (χ2n) is 6.66. The number of nitrogens with one attached hydrogen (secondary N) is 1. The number of nitrogens with zero attached hydrogens (tertiary/aromatic N) is 4. The Morgan fingerprint density at radius 1 is 1.29 bits per heavy atom. The van der Waals surface area contributed by atoms with Crippen LogP contribution in [-0.2, 0) is 19.6 Å². The maximum Gasteiger partial charge on any atom is 0.329 e. The molecule has 1 aliphatic heterocycles. The molecular formula is C18H21N5O4S. The lowest BCUT2D eigenvalue weighted by Gasteiger charge is -2.34. The van der Waals surface area contributed by atoms with Crippen LogP contribution in [0.3, 0.4) is 0 Å². The number of benzene rings is 1. The molecular weight excluding hydrogens is 382 g/mol. The number of aromatic nitrogens is 2. The first-order valence-corrected chi connectivity index (χ1v) is 10.7. The van der Waals surface area contributed by atoms with Crippen LogP contribution in [0.5, 0.6) is 0 Å². The molecule has 0 radical (unpaired) electrons. The number of carbonyl (C=O) groups excluding carboxylic acids is 1. The highest BCUT2D eigenvalue weighted by atomic mass is 32.2. The average Bonchev–Trinajstić information content (AvgIpc) is 2.67. The lowest BCUT2D eigenvalue weighted by molar-refractivity contribution is -0.141. The topological polar surface area (TPSA) is 125 Å². The predicted octanol–water partition coefficient (Wildman–Crippen LogP) is 0.928. The van der Waals surface area contributed by atoms with Crippen LogP contribution in [0.15, 0.2) is 24.3 Å². The van der Waals surface area contributed by atoms with Crippen molar-refractivity contribution in [1.82, 2.24) is 14.7 Å². The maximum absolute atomic E-state index is 12.1. The van der Waals surface area contributed by atoms with E-state index >= 15 is 0 Å². The highest BCUT2D eigenvalue weighted by molar-refractivity contribution is 7.88. The summed E-state index contributed by atoms with van der Waals surface area (Å²) < 4.78 is 30.3. The summed E-state index contributed by atoms with van der Waals surface area (Å²) in [6.07, 6.45) is 2.30. The lowest BCUT2D eigenvalue weighted by atomic mass is 10.0. The van der Waals surface area contributed by atoms with Crippen molar-refractivity contribution in [3.8, 4) is 6.07 Å². The number of para-hydroxylation sites is 2. The van der Waals surface area contributed by atoms with Crippen molar-refractivity contribution in [2.75, 3.05) is 31.4 Å². The fourth-order valence-electron chi connectivity index (χ4n) is 3.29. The van der Waals surface area contributed by atoms with Crippen LogP contribution in [0.1, 0.15) is 24.5 Å². The number of ether oxygens (including phenoxy) is 1. The smallest absolute Gasteiger partial charge is 0.329 e. The molecule has 3 rings (SSSR count). The van der Waals surface area contributed by atoms with E-state index in [1.54, 1.807) is 6.07 Å². The van der Waals surface area contributed by atoms with E-state index in [1.165, 1.54) is 7.11 Å². The van der Waals surface area contributed by atoms with Crippen molar-refractivity contribution in [1.29, 1.82) is 5.26 Å². The summed E-state index contributed by atoms with van der Waals surface area (Å²) in [6, 6.07) is 9.03. The van der Waals surface area contributed by atoms with Gasteiger partial charge in [-0.05, 0) is 25.0 Å². The zero-order valence-corrected chi connectivity index (χ0v) is 16.4. The summed E-state index contributed by atoms with van der Waals surface area (Å²) >= 11 is 0. The Hall–Kier alpha value is -2.77. The van der Waals surface area contributed by atoms with Crippen LogP contribution in [-0.4, -0.2) is 56.9 Å². The zero-order valence-electron chi connectivity index (χ0n) is 15.6. The Morgan fingerprint density at radius 2 is 1.89 bits per heavy atom. The van der Waals surface area contributed by atoms with Gasteiger partial charge in [0, 0.05) is 19.1 Å². The van der Waals surface area contributed by atoms with E-state index in [0.717, 1.165) is 6.26 Å². The summed E-state index contributed by atoms with van der Waals surface area (Å²) in [6.45, 7) is 1.04. The van der Waals surface area contributed by atoms with E-state index in [2.05, 4.69) is 14.7 Å². The second-order valence-corrected chi connectivity index (χ2v) is 8.44. The molecule has 148 valence electrons. The van der Waals surface area contributed by atoms with Crippen LogP contribution in [0, 0.1) is 11.3 Å². The number of fused-ring (bicyclic) bond motifs is 1.